The highest BCUT2D eigenvalue weighted by Gasteiger charge is 2.06. The third kappa shape index (κ3) is 7.28. The largest absolute Gasteiger partial charge is 0.497 e. The average Bonchev–Trinajstić information content (AvgIpc) is 2.85. The predicted molar refractivity (Wildman–Crippen MR) is 128 cm³/mol. The molecule has 3 rings (SSSR count). The van der Waals surface area contributed by atoms with Gasteiger partial charge in [-0.25, -0.2) is 4.98 Å². The molecule has 7 heteroatoms. The van der Waals surface area contributed by atoms with Crippen molar-refractivity contribution in [2.45, 2.75) is 26.7 Å². The van der Waals surface area contributed by atoms with Crippen molar-refractivity contribution in [3.05, 3.63) is 77.7 Å². The quantitative estimate of drug-likeness (QED) is 0.293. The molecule has 2 N–H and O–H groups in total. The fourth-order valence-electron chi connectivity index (χ4n) is 2.91. The van der Waals surface area contributed by atoms with E-state index in [9.17, 15) is 0 Å². The smallest absolute Gasteiger partial charge is 0.119 e. The van der Waals surface area contributed by atoms with Gasteiger partial charge in [0.1, 0.15) is 18.1 Å². The number of aliphatic hydroxyl groups is 1. The van der Waals surface area contributed by atoms with Gasteiger partial charge in [0, 0.05) is 18.4 Å². The standard InChI is InChI=1S/C24H26N4O2.CH4O/c1-17(25)22-12-5-9-20(26-22)10-7-15-30-28-18(2)23-13-6-14-24(27-23)19-8-4-11-21(16-19)29-3;1-2/h4-6,8-9,11-14,16,25H,7,10,15H2,1-3H3;2H,1H3/b25-17?,28-18+;. The van der Waals surface area contributed by atoms with Gasteiger partial charge in [0.05, 0.1) is 29.9 Å². The van der Waals surface area contributed by atoms with Crippen molar-refractivity contribution in [1.29, 1.82) is 5.41 Å². The van der Waals surface area contributed by atoms with E-state index in [2.05, 4.69) is 10.1 Å². The van der Waals surface area contributed by atoms with Crippen LogP contribution in [0.2, 0.25) is 0 Å². The normalized spacial score (nSPS) is 10.7. The summed E-state index contributed by atoms with van der Waals surface area (Å²) in [5.74, 6) is 0.796. The number of aryl methyl sites for hydroxylation is 1. The minimum absolute atomic E-state index is 0.469. The van der Waals surface area contributed by atoms with Crippen LogP contribution in [0, 0.1) is 5.41 Å². The van der Waals surface area contributed by atoms with Crippen LogP contribution in [0.25, 0.3) is 11.3 Å². The Bertz CT molecular complexity index is 1050. The molecule has 0 aliphatic rings. The van der Waals surface area contributed by atoms with E-state index in [0.717, 1.165) is 54.1 Å². The molecule has 32 heavy (non-hydrogen) atoms. The molecule has 2 aromatic heterocycles. The number of nitrogens with zero attached hydrogens (tertiary/aromatic N) is 3. The minimum Gasteiger partial charge on any atom is -0.497 e. The summed E-state index contributed by atoms with van der Waals surface area (Å²) in [6.07, 6.45) is 1.57. The molecule has 0 saturated heterocycles. The van der Waals surface area contributed by atoms with Gasteiger partial charge in [-0.05, 0) is 63.1 Å². The first-order chi connectivity index (χ1) is 15.6. The maximum absolute atomic E-state index is 7.68. The predicted octanol–water partition coefficient (Wildman–Crippen LogP) is 4.52. The molecule has 168 valence electrons. The molecule has 7 nitrogen and oxygen atoms in total. The van der Waals surface area contributed by atoms with Gasteiger partial charge in [0.2, 0.25) is 0 Å². The maximum Gasteiger partial charge on any atom is 0.119 e. The van der Waals surface area contributed by atoms with Crippen LogP contribution in [-0.4, -0.2) is 47.3 Å². The first-order valence-corrected chi connectivity index (χ1v) is 10.3. The van der Waals surface area contributed by atoms with Crippen LogP contribution >= 0.6 is 0 Å². The number of aliphatic hydroxyl groups excluding tert-OH is 1. The van der Waals surface area contributed by atoms with Crippen molar-refractivity contribution < 1.29 is 14.7 Å². The Labute approximate surface area is 189 Å². The number of nitrogens with one attached hydrogen (secondary N) is 1. The van der Waals surface area contributed by atoms with E-state index < -0.39 is 0 Å². The lowest BCUT2D eigenvalue weighted by atomic mass is 10.1. The van der Waals surface area contributed by atoms with Gasteiger partial charge in [-0.2, -0.15) is 0 Å². The molecule has 3 aromatic rings. The molecular formula is C25H30N4O3. The Morgan fingerprint density at radius 1 is 0.969 bits per heavy atom. The summed E-state index contributed by atoms with van der Waals surface area (Å²) in [5, 5.41) is 18.9. The Kier molecular flexibility index (Phi) is 10.0. The second-order valence-corrected chi connectivity index (χ2v) is 6.89. The Morgan fingerprint density at radius 3 is 2.44 bits per heavy atom. The van der Waals surface area contributed by atoms with Crippen LogP contribution in [0.3, 0.4) is 0 Å². The van der Waals surface area contributed by atoms with E-state index >= 15 is 0 Å². The van der Waals surface area contributed by atoms with E-state index in [-0.39, 0.29) is 0 Å². The topological polar surface area (TPSA) is 101 Å². The van der Waals surface area contributed by atoms with Gasteiger partial charge >= 0.3 is 0 Å². The zero-order valence-electron chi connectivity index (χ0n) is 19.0. The number of hydrogen-bond donors (Lipinski definition) is 2. The zero-order valence-corrected chi connectivity index (χ0v) is 19.0. The molecular weight excluding hydrogens is 404 g/mol. The molecule has 0 unspecified atom stereocenters. The molecule has 1 aromatic carbocycles. The van der Waals surface area contributed by atoms with Gasteiger partial charge in [-0.15, -0.1) is 0 Å². The Hall–Kier alpha value is -3.58. The first-order valence-electron chi connectivity index (χ1n) is 10.3. The molecule has 0 aliphatic heterocycles. The summed E-state index contributed by atoms with van der Waals surface area (Å²) in [6.45, 7) is 4.11. The summed E-state index contributed by atoms with van der Waals surface area (Å²) in [5.41, 5.74) is 5.47. The number of ether oxygens (including phenoxy) is 1. The molecule has 0 amide bonds. The summed E-state index contributed by atoms with van der Waals surface area (Å²) in [4.78, 5) is 14.7. The molecule has 0 saturated carbocycles. The van der Waals surface area contributed by atoms with Gasteiger partial charge < -0.3 is 20.1 Å². The molecule has 0 radical (unpaired) electrons. The lowest BCUT2D eigenvalue weighted by Crippen LogP contribution is -2.03. The van der Waals surface area contributed by atoms with Crippen molar-refractivity contribution in [1.82, 2.24) is 9.97 Å². The number of benzene rings is 1. The van der Waals surface area contributed by atoms with Gasteiger partial charge in [-0.1, -0.05) is 29.4 Å². The van der Waals surface area contributed by atoms with E-state index in [1.807, 2.05) is 67.6 Å². The van der Waals surface area contributed by atoms with Crippen LogP contribution < -0.4 is 4.74 Å². The van der Waals surface area contributed by atoms with E-state index in [1.54, 1.807) is 14.0 Å². The fraction of sp³-hybridized carbons (Fsp3) is 0.280. The zero-order chi connectivity index (χ0) is 23.3. The second kappa shape index (κ2) is 13.0. The highest BCUT2D eigenvalue weighted by atomic mass is 16.6. The first kappa shape index (κ1) is 24.7. The van der Waals surface area contributed by atoms with Crippen molar-refractivity contribution >= 4 is 11.4 Å². The van der Waals surface area contributed by atoms with Gasteiger partial charge in [0.25, 0.3) is 0 Å². The van der Waals surface area contributed by atoms with Crippen molar-refractivity contribution in [3.63, 3.8) is 0 Å². The van der Waals surface area contributed by atoms with Gasteiger partial charge in [0.15, 0.2) is 0 Å². The number of rotatable bonds is 9. The third-order valence-electron chi connectivity index (χ3n) is 4.55. The summed E-state index contributed by atoms with van der Waals surface area (Å²) >= 11 is 0. The van der Waals surface area contributed by atoms with Crippen molar-refractivity contribution in [2.75, 3.05) is 20.8 Å². The lowest BCUT2D eigenvalue weighted by Gasteiger charge is -2.07. The number of pyridine rings is 2. The Balaban J connectivity index is 0.00000176. The molecule has 0 spiro atoms. The molecule has 2 heterocycles. The molecule has 0 fully saturated rings. The number of methoxy groups -OCH3 is 1. The Morgan fingerprint density at radius 2 is 1.69 bits per heavy atom. The number of aromatic nitrogens is 2. The summed E-state index contributed by atoms with van der Waals surface area (Å²) in [7, 11) is 2.65. The fourth-order valence-corrected chi connectivity index (χ4v) is 2.91. The third-order valence-corrected chi connectivity index (χ3v) is 4.55. The minimum atomic E-state index is 0.469. The van der Waals surface area contributed by atoms with E-state index in [0.29, 0.717) is 18.0 Å². The molecule has 0 aliphatic carbocycles. The molecule has 0 bridgehead atoms. The second-order valence-electron chi connectivity index (χ2n) is 6.89. The maximum atomic E-state index is 7.68. The van der Waals surface area contributed by atoms with E-state index in [4.69, 9.17) is 25.1 Å². The van der Waals surface area contributed by atoms with Crippen LogP contribution in [0.1, 0.15) is 37.4 Å². The van der Waals surface area contributed by atoms with Crippen LogP contribution in [0.5, 0.6) is 5.75 Å². The monoisotopic (exact) mass is 434 g/mol. The van der Waals surface area contributed by atoms with Crippen molar-refractivity contribution in [2.24, 2.45) is 5.16 Å². The SMILES string of the molecule is CO.COc1cccc(-c2cccc(/C(C)=N/OCCCc3cccc(C(C)=N)n3)n2)c1. The highest BCUT2D eigenvalue weighted by Crippen LogP contribution is 2.22. The lowest BCUT2D eigenvalue weighted by molar-refractivity contribution is 0.141. The number of hydrogen-bond acceptors (Lipinski definition) is 7. The molecule has 0 atom stereocenters. The number of oxime groups is 1. The van der Waals surface area contributed by atoms with Crippen molar-refractivity contribution in [3.8, 4) is 17.0 Å². The van der Waals surface area contributed by atoms with Crippen LogP contribution in [-0.2, 0) is 11.3 Å². The highest BCUT2D eigenvalue weighted by molar-refractivity contribution is 5.97. The van der Waals surface area contributed by atoms with E-state index in [1.165, 1.54) is 0 Å². The van der Waals surface area contributed by atoms with Gasteiger partial charge in [-0.3, -0.25) is 4.98 Å². The summed E-state index contributed by atoms with van der Waals surface area (Å²) < 4.78 is 5.29. The summed E-state index contributed by atoms with van der Waals surface area (Å²) in [6, 6.07) is 19.4. The van der Waals surface area contributed by atoms with Crippen LogP contribution in [0.4, 0.5) is 0 Å². The average molecular weight is 435 g/mol. The van der Waals surface area contributed by atoms with Crippen LogP contribution in [0.15, 0.2) is 65.8 Å².